The van der Waals surface area contributed by atoms with Gasteiger partial charge in [0.2, 0.25) is 0 Å². The molecule has 0 fully saturated rings. The van der Waals surface area contributed by atoms with Gasteiger partial charge in [0.1, 0.15) is 0 Å². The fraction of sp³-hybridized carbons (Fsp3) is 0.357. The standard InChI is InChI=1S/C14H18N2O/c1-2-17-9-8-16-11-13-5-3-4-12-10-15-7-6-14(12)13/h3-7,10,16H,2,8-9,11H2,1H3. The van der Waals surface area contributed by atoms with Crippen LogP contribution >= 0.6 is 0 Å². The van der Waals surface area contributed by atoms with Crippen LogP contribution in [0.15, 0.2) is 36.7 Å². The Hall–Kier alpha value is -1.45. The van der Waals surface area contributed by atoms with E-state index in [1.54, 1.807) is 0 Å². The number of ether oxygens (including phenoxy) is 1. The Labute approximate surface area is 102 Å². The number of nitrogens with one attached hydrogen (secondary N) is 1. The summed E-state index contributed by atoms with van der Waals surface area (Å²) in [5.74, 6) is 0. The molecular formula is C14H18N2O. The lowest BCUT2D eigenvalue weighted by atomic mass is 10.1. The van der Waals surface area contributed by atoms with Gasteiger partial charge in [0.25, 0.3) is 0 Å². The number of rotatable bonds is 6. The highest BCUT2D eigenvalue weighted by Crippen LogP contribution is 2.16. The summed E-state index contributed by atoms with van der Waals surface area (Å²) in [6.45, 7) is 5.31. The van der Waals surface area contributed by atoms with Gasteiger partial charge in [0, 0.05) is 37.5 Å². The Morgan fingerprint density at radius 2 is 2.24 bits per heavy atom. The first-order valence-corrected chi connectivity index (χ1v) is 6.02. The van der Waals surface area contributed by atoms with Crippen molar-refractivity contribution in [1.82, 2.24) is 10.3 Å². The molecule has 0 radical (unpaired) electrons. The Kier molecular flexibility index (Phi) is 4.47. The van der Waals surface area contributed by atoms with Crippen LogP contribution in [0.25, 0.3) is 10.8 Å². The van der Waals surface area contributed by atoms with Crippen LogP contribution in [-0.4, -0.2) is 24.7 Å². The third kappa shape index (κ3) is 3.25. The van der Waals surface area contributed by atoms with Crippen molar-refractivity contribution in [2.75, 3.05) is 19.8 Å². The molecule has 90 valence electrons. The Morgan fingerprint density at radius 1 is 1.29 bits per heavy atom. The second-order valence-corrected chi connectivity index (χ2v) is 3.89. The SMILES string of the molecule is CCOCCNCc1cccc2cnccc12. The first-order chi connectivity index (χ1) is 8.42. The zero-order valence-electron chi connectivity index (χ0n) is 10.1. The molecule has 2 rings (SSSR count). The van der Waals surface area contributed by atoms with Gasteiger partial charge in [-0.15, -0.1) is 0 Å². The largest absolute Gasteiger partial charge is 0.380 e. The Morgan fingerprint density at radius 3 is 3.12 bits per heavy atom. The second kappa shape index (κ2) is 6.33. The minimum absolute atomic E-state index is 0.767. The van der Waals surface area contributed by atoms with E-state index in [9.17, 15) is 0 Å². The lowest BCUT2D eigenvalue weighted by molar-refractivity contribution is 0.149. The smallest absolute Gasteiger partial charge is 0.0590 e. The predicted molar refractivity (Wildman–Crippen MR) is 69.9 cm³/mol. The highest BCUT2D eigenvalue weighted by atomic mass is 16.5. The number of hydrogen-bond acceptors (Lipinski definition) is 3. The molecule has 0 aliphatic carbocycles. The van der Waals surface area contributed by atoms with E-state index in [2.05, 4.69) is 34.6 Å². The average Bonchev–Trinajstić information content (AvgIpc) is 2.39. The van der Waals surface area contributed by atoms with Gasteiger partial charge in [-0.05, 0) is 23.9 Å². The molecule has 3 heteroatoms. The predicted octanol–water partition coefficient (Wildman–Crippen LogP) is 2.36. The minimum atomic E-state index is 0.767. The van der Waals surface area contributed by atoms with Crippen molar-refractivity contribution in [2.24, 2.45) is 0 Å². The van der Waals surface area contributed by atoms with Crippen LogP contribution in [0.2, 0.25) is 0 Å². The normalized spacial score (nSPS) is 10.9. The molecule has 0 saturated carbocycles. The van der Waals surface area contributed by atoms with E-state index < -0.39 is 0 Å². The minimum Gasteiger partial charge on any atom is -0.380 e. The van der Waals surface area contributed by atoms with Crippen molar-refractivity contribution in [3.8, 4) is 0 Å². The van der Waals surface area contributed by atoms with Crippen molar-refractivity contribution in [1.29, 1.82) is 0 Å². The van der Waals surface area contributed by atoms with Crippen molar-refractivity contribution < 1.29 is 4.74 Å². The summed E-state index contributed by atoms with van der Waals surface area (Å²) in [7, 11) is 0. The van der Waals surface area contributed by atoms with E-state index >= 15 is 0 Å². The van der Waals surface area contributed by atoms with Crippen LogP contribution in [0.1, 0.15) is 12.5 Å². The van der Waals surface area contributed by atoms with Crippen LogP contribution in [0.4, 0.5) is 0 Å². The second-order valence-electron chi connectivity index (χ2n) is 3.89. The average molecular weight is 230 g/mol. The van der Waals surface area contributed by atoms with Crippen molar-refractivity contribution in [2.45, 2.75) is 13.5 Å². The summed E-state index contributed by atoms with van der Waals surface area (Å²) in [6.07, 6.45) is 3.74. The highest BCUT2D eigenvalue weighted by Gasteiger charge is 1.99. The molecule has 0 spiro atoms. The van der Waals surface area contributed by atoms with Gasteiger partial charge in [-0.2, -0.15) is 0 Å². The van der Waals surface area contributed by atoms with E-state index in [0.717, 1.165) is 26.3 Å². The Balaban J connectivity index is 1.98. The molecule has 0 saturated heterocycles. The fourth-order valence-corrected chi connectivity index (χ4v) is 1.86. The number of nitrogens with zero attached hydrogens (tertiary/aromatic N) is 1. The van der Waals surface area contributed by atoms with Crippen molar-refractivity contribution in [3.05, 3.63) is 42.2 Å². The van der Waals surface area contributed by atoms with E-state index in [4.69, 9.17) is 4.74 Å². The quantitative estimate of drug-likeness (QED) is 0.774. The van der Waals surface area contributed by atoms with E-state index in [-0.39, 0.29) is 0 Å². The Bertz CT molecular complexity index is 465. The lowest BCUT2D eigenvalue weighted by Crippen LogP contribution is -2.19. The number of benzene rings is 1. The molecular weight excluding hydrogens is 212 g/mol. The summed E-state index contributed by atoms with van der Waals surface area (Å²) >= 11 is 0. The zero-order chi connectivity index (χ0) is 11.9. The summed E-state index contributed by atoms with van der Waals surface area (Å²) < 4.78 is 5.29. The summed E-state index contributed by atoms with van der Waals surface area (Å²) in [5.41, 5.74) is 1.31. The van der Waals surface area contributed by atoms with Gasteiger partial charge in [-0.3, -0.25) is 4.98 Å². The van der Waals surface area contributed by atoms with E-state index in [0.29, 0.717) is 0 Å². The molecule has 0 aliphatic heterocycles. The van der Waals surface area contributed by atoms with Crippen LogP contribution < -0.4 is 5.32 Å². The molecule has 3 nitrogen and oxygen atoms in total. The third-order valence-corrected chi connectivity index (χ3v) is 2.71. The topological polar surface area (TPSA) is 34.1 Å². The molecule has 0 amide bonds. The first kappa shape index (κ1) is 12.0. The van der Waals surface area contributed by atoms with Gasteiger partial charge in [-0.1, -0.05) is 18.2 Å². The first-order valence-electron chi connectivity index (χ1n) is 6.02. The van der Waals surface area contributed by atoms with Gasteiger partial charge < -0.3 is 10.1 Å². The third-order valence-electron chi connectivity index (χ3n) is 2.71. The maximum Gasteiger partial charge on any atom is 0.0590 e. The van der Waals surface area contributed by atoms with Gasteiger partial charge in [-0.25, -0.2) is 0 Å². The van der Waals surface area contributed by atoms with E-state index in [1.165, 1.54) is 16.3 Å². The summed E-state index contributed by atoms with van der Waals surface area (Å²) in [6, 6.07) is 8.38. The molecule has 0 bridgehead atoms. The van der Waals surface area contributed by atoms with Crippen molar-refractivity contribution >= 4 is 10.8 Å². The number of aromatic nitrogens is 1. The van der Waals surface area contributed by atoms with Crippen LogP contribution in [0, 0.1) is 0 Å². The monoisotopic (exact) mass is 230 g/mol. The molecule has 17 heavy (non-hydrogen) atoms. The lowest BCUT2D eigenvalue weighted by Gasteiger charge is -2.08. The van der Waals surface area contributed by atoms with Crippen molar-refractivity contribution in [3.63, 3.8) is 0 Å². The maximum atomic E-state index is 5.29. The number of pyridine rings is 1. The van der Waals surface area contributed by atoms with E-state index in [1.807, 2.05) is 19.3 Å². The zero-order valence-corrected chi connectivity index (χ0v) is 10.1. The van der Waals surface area contributed by atoms with Gasteiger partial charge in [0.05, 0.1) is 6.61 Å². The summed E-state index contributed by atoms with van der Waals surface area (Å²) in [5, 5.41) is 5.84. The number of hydrogen-bond donors (Lipinski definition) is 1. The van der Waals surface area contributed by atoms with Crippen LogP contribution in [-0.2, 0) is 11.3 Å². The van der Waals surface area contributed by atoms with Gasteiger partial charge >= 0.3 is 0 Å². The summed E-state index contributed by atoms with van der Waals surface area (Å²) in [4.78, 5) is 4.13. The molecule has 0 aliphatic rings. The molecule has 1 aromatic carbocycles. The molecule has 0 atom stereocenters. The molecule has 2 aromatic rings. The fourth-order valence-electron chi connectivity index (χ4n) is 1.86. The molecule has 1 heterocycles. The highest BCUT2D eigenvalue weighted by molar-refractivity contribution is 5.84. The number of fused-ring (bicyclic) bond motifs is 1. The van der Waals surface area contributed by atoms with Crippen LogP contribution in [0.3, 0.4) is 0 Å². The molecule has 1 N–H and O–H groups in total. The molecule has 0 unspecified atom stereocenters. The molecule has 1 aromatic heterocycles. The van der Waals surface area contributed by atoms with Crippen LogP contribution in [0.5, 0.6) is 0 Å². The maximum absolute atomic E-state index is 5.29. The van der Waals surface area contributed by atoms with Gasteiger partial charge in [0.15, 0.2) is 0 Å².